The molecule has 2 aromatic heterocycles. The monoisotopic (exact) mass is 396 g/mol. The van der Waals surface area contributed by atoms with Gasteiger partial charge in [-0.15, -0.1) is 0 Å². The van der Waals surface area contributed by atoms with Crippen LogP contribution in [0.5, 0.6) is 0 Å². The van der Waals surface area contributed by atoms with Crippen LogP contribution < -0.4 is 10.2 Å². The van der Waals surface area contributed by atoms with Crippen LogP contribution in [0.25, 0.3) is 0 Å². The lowest BCUT2D eigenvalue weighted by Gasteiger charge is -2.37. The van der Waals surface area contributed by atoms with Gasteiger partial charge < -0.3 is 10.2 Å². The number of aryl methyl sites for hydroxylation is 1. The number of nitrogens with zero attached hydrogens (tertiary/aromatic N) is 4. The lowest BCUT2D eigenvalue weighted by atomic mass is 9.69. The van der Waals surface area contributed by atoms with Crippen LogP contribution in [0.4, 0.5) is 5.82 Å². The third-order valence-electron chi connectivity index (χ3n) is 6.62. The maximum atomic E-state index is 13.5. The number of hydrogen-bond acceptors (Lipinski definition) is 5. The highest BCUT2D eigenvalue weighted by atomic mass is 16.2. The number of aromatic amines is 1. The van der Waals surface area contributed by atoms with Gasteiger partial charge in [0, 0.05) is 43.1 Å². The Morgan fingerprint density at radius 3 is 2.93 bits per heavy atom. The smallest absolute Gasteiger partial charge is 0.228 e. The Balaban J connectivity index is 1.54. The molecule has 2 bridgehead atoms. The van der Waals surface area contributed by atoms with E-state index >= 15 is 0 Å². The van der Waals surface area contributed by atoms with Gasteiger partial charge in [0.2, 0.25) is 5.91 Å². The van der Waals surface area contributed by atoms with Gasteiger partial charge in [-0.05, 0) is 57.1 Å². The molecule has 4 heterocycles. The summed E-state index contributed by atoms with van der Waals surface area (Å²) in [6, 6.07) is 4.55. The van der Waals surface area contributed by atoms with Gasteiger partial charge in [-0.3, -0.25) is 9.89 Å². The van der Waals surface area contributed by atoms with Gasteiger partial charge >= 0.3 is 0 Å². The SMILES string of the molecule is Cc1nccc(N2[C@@H]3CC[C@H]2[C@@](CCC(C)C)(C(=O)NCCc2ccn[nH]2)C3)n1. The molecule has 0 aliphatic carbocycles. The second kappa shape index (κ2) is 8.13. The molecule has 2 fully saturated rings. The molecule has 2 aromatic rings. The minimum atomic E-state index is -0.333. The van der Waals surface area contributed by atoms with E-state index in [0.717, 1.165) is 55.9 Å². The summed E-state index contributed by atoms with van der Waals surface area (Å²) in [7, 11) is 0. The van der Waals surface area contributed by atoms with Gasteiger partial charge in [0.25, 0.3) is 0 Å². The number of aromatic nitrogens is 4. The minimum absolute atomic E-state index is 0.209. The van der Waals surface area contributed by atoms with Gasteiger partial charge in [0.05, 0.1) is 5.41 Å². The molecule has 2 N–H and O–H groups in total. The first-order valence-electron chi connectivity index (χ1n) is 10.8. The first-order chi connectivity index (χ1) is 14.0. The van der Waals surface area contributed by atoms with E-state index in [1.165, 1.54) is 0 Å². The number of carbonyl (C=O) groups is 1. The highest BCUT2D eigenvalue weighted by molar-refractivity contribution is 5.85. The lowest BCUT2D eigenvalue weighted by Crippen LogP contribution is -2.50. The van der Waals surface area contributed by atoms with Crippen LogP contribution in [-0.2, 0) is 11.2 Å². The summed E-state index contributed by atoms with van der Waals surface area (Å²) in [6.45, 7) is 7.04. The van der Waals surface area contributed by atoms with Crippen molar-refractivity contribution in [3.05, 3.63) is 36.0 Å². The third kappa shape index (κ3) is 3.87. The normalized spacial score (nSPS) is 25.7. The number of carbonyl (C=O) groups excluding carboxylic acids is 1. The predicted octanol–water partition coefficient (Wildman–Crippen LogP) is 3.03. The van der Waals surface area contributed by atoms with Crippen LogP contribution in [0.3, 0.4) is 0 Å². The second-order valence-electron chi connectivity index (χ2n) is 9.00. The first kappa shape index (κ1) is 19.9. The van der Waals surface area contributed by atoms with Crippen LogP contribution in [0.1, 0.15) is 57.5 Å². The summed E-state index contributed by atoms with van der Waals surface area (Å²) < 4.78 is 0. The van der Waals surface area contributed by atoms with Crippen LogP contribution in [0, 0.1) is 18.3 Å². The summed E-state index contributed by atoms with van der Waals surface area (Å²) in [5.41, 5.74) is 0.715. The van der Waals surface area contributed by atoms with Crippen LogP contribution >= 0.6 is 0 Å². The highest BCUT2D eigenvalue weighted by Crippen LogP contribution is 2.54. The molecule has 0 saturated carbocycles. The van der Waals surface area contributed by atoms with Crippen LogP contribution in [0.15, 0.2) is 24.5 Å². The first-order valence-corrected chi connectivity index (χ1v) is 10.8. The number of anilines is 1. The molecule has 0 radical (unpaired) electrons. The molecule has 2 aliphatic rings. The molecule has 1 amide bonds. The number of amides is 1. The standard InChI is InChI=1S/C22H32N6O/c1-15(2)6-10-22(21(29)24-11-7-17-8-13-25-27-17)14-18-4-5-19(22)28(18)20-9-12-23-16(3)26-20/h8-9,12-13,15,18-19H,4-7,10-11,14H2,1-3H3,(H,24,29)(H,25,27)/t18-,19+,22+/m1/s1. The fourth-order valence-electron chi connectivity index (χ4n) is 5.20. The zero-order chi connectivity index (χ0) is 20.4. The molecule has 29 heavy (non-hydrogen) atoms. The number of H-pyrrole nitrogens is 1. The number of nitrogens with one attached hydrogen (secondary N) is 2. The maximum absolute atomic E-state index is 13.5. The Morgan fingerprint density at radius 2 is 2.21 bits per heavy atom. The van der Waals surface area contributed by atoms with E-state index in [2.05, 4.69) is 44.2 Å². The average Bonchev–Trinajstić information content (AvgIpc) is 3.42. The molecule has 2 aliphatic heterocycles. The zero-order valence-corrected chi connectivity index (χ0v) is 17.7. The van der Waals surface area contributed by atoms with Crippen molar-refractivity contribution >= 4 is 11.7 Å². The summed E-state index contributed by atoms with van der Waals surface area (Å²) in [5.74, 6) is 2.55. The summed E-state index contributed by atoms with van der Waals surface area (Å²) in [4.78, 5) is 24.9. The molecule has 0 unspecified atom stereocenters. The summed E-state index contributed by atoms with van der Waals surface area (Å²) in [5, 5.41) is 10.2. The van der Waals surface area contributed by atoms with E-state index in [9.17, 15) is 4.79 Å². The lowest BCUT2D eigenvalue weighted by molar-refractivity contribution is -0.132. The predicted molar refractivity (Wildman–Crippen MR) is 112 cm³/mol. The van der Waals surface area contributed by atoms with Crippen molar-refractivity contribution in [3.63, 3.8) is 0 Å². The fourth-order valence-corrected chi connectivity index (χ4v) is 5.20. The van der Waals surface area contributed by atoms with Crippen molar-refractivity contribution in [3.8, 4) is 0 Å². The van der Waals surface area contributed by atoms with Gasteiger partial charge in [0.1, 0.15) is 11.6 Å². The second-order valence-corrected chi connectivity index (χ2v) is 9.00. The van der Waals surface area contributed by atoms with Crippen molar-refractivity contribution in [2.45, 2.75) is 71.4 Å². The summed E-state index contributed by atoms with van der Waals surface area (Å²) >= 11 is 0. The van der Waals surface area contributed by atoms with E-state index in [1.807, 2.05) is 25.3 Å². The van der Waals surface area contributed by atoms with E-state index < -0.39 is 0 Å². The fraction of sp³-hybridized carbons (Fsp3) is 0.636. The molecular formula is C22H32N6O. The Kier molecular flexibility index (Phi) is 5.56. The van der Waals surface area contributed by atoms with Crippen molar-refractivity contribution in [2.24, 2.45) is 11.3 Å². The average molecular weight is 397 g/mol. The minimum Gasteiger partial charge on any atom is -0.355 e. The largest absolute Gasteiger partial charge is 0.355 e. The Morgan fingerprint density at radius 1 is 1.34 bits per heavy atom. The highest BCUT2D eigenvalue weighted by Gasteiger charge is 2.59. The Hall–Kier alpha value is -2.44. The molecule has 0 aromatic carbocycles. The Bertz CT molecular complexity index is 836. The quantitative estimate of drug-likeness (QED) is 0.716. The van der Waals surface area contributed by atoms with Gasteiger partial charge in [0.15, 0.2) is 0 Å². The van der Waals surface area contributed by atoms with Crippen molar-refractivity contribution < 1.29 is 4.79 Å². The van der Waals surface area contributed by atoms with E-state index in [-0.39, 0.29) is 17.4 Å². The molecule has 7 heteroatoms. The molecule has 3 atom stereocenters. The van der Waals surface area contributed by atoms with E-state index in [0.29, 0.717) is 18.5 Å². The number of rotatable bonds is 8. The molecule has 4 rings (SSSR count). The maximum Gasteiger partial charge on any atom is 0.228 e. The molecule has 2 saturated heterocycles. The van der Waals surface area contributed by atoms with E-state index in [4.69, 9.17) is 0 Å². The van der Waals surface area contributed by atoms with Crippen molar-refractivity contribution in [2.75, 3.05) is 11.4 Å². The van der Waals surface area contributed by atoms with Gasteiger partial charge in [-0.1, -0.05) is 13.8 Å². The van der Waals surface area contributed by atoms with Crippen molar-refractivity contribution in [1.29, 1.82) is 0 Å². The topological polar surface area (TPSA) is 86.8 Å². The van der Waals surface area contributed by atoms with Gasteiger partial charge in [-0.2, -0.15) is 5.10 Å². The number of fused-ring (bicyclic) bond motifs is 2. The zero-order valence-electron chi connectivity index (χ0n) is 17.7. The molecule has 156 valence electrons. The number of hydrogen-bond donors (Lipinski definition) is 2. The van der Waals surface area contributed by atoms with Crippen LogP contribution in [0.2, 0.25) is 0 Å². The third-order valence-corrected chi connectivity index (χ3v) is 6.62. The van der Waals surface area contributed by atoms with E-state index in [1.54, 1.807) is 6.20 Å². The molecular weight excluding hydrogens is 364 g/mol. The van der Waals surface area contributed by atoms with Gasteiger partial charge in [-0.25, -0.2) is 9.97 Å². The molecule has 7 nitrogen and oxygen atoms in total. The van der Waals surface area contributed by atoms with Crippen molar-refractivity contribution in [1.82, 2.24) is 25.5 Å². The summed E-state index contributed by atoms with van der Waals surface area (Å²) in [6.07, 6.45) is 9.46. The molecule has 0 spiro atoms. The Labute approximate surface area is 172 Å². The van der Waals surface area contributed by atoms with Crippen LogP contribution in [-0.4, -0.2) is 44.7 Å².